The van der Waals surface area contributed by atoms with Crippen LogP contribution >= 0.6 is 0 Å². The molecule has 4 heterocycles. The first-order valence-electron chi connectivity index (χ1n) is 14.9. The van der Waals surface area contributed by atoms with E-state index in [4.69, 9.17) is 4.98 Å². The van der Waals surface area contributed by atoms with Crippen molar-refractivity contribution in [2.45, 2.75) is 0 Å². The minimum atomic E-state index is -0.535. The lowest BCUT2D eigenvalue weighted by atomic mass is 10.0. The van der Waals surface area contributed by atoms with Gasteiger partial charge in [0.2, 0.25) is 0 Å². The number of aromatic amines is 2. The van der Waals surface area contributed by atoms with E-state index in [1.807, 2.05) is 31.1 Å². The maximum atomic E-state index is 16.3. The molecule has 3 aromatic carbocycles. The fraction of sp³-hybridized carbons (Fsp3) is 0.114. The van der Waals surface area contributed by atoms with Gasteiger partial charge in [0.1, 0.15) is 22.8 Å². The molecular formula is C35H29F2N9O. The first-order chi connectivity index (χ1) is 22.8. The Kier molecular flexibility index (Phi) is 7.84. The summed E-state index contributed by atoms with van der Waals surface area (Å²) in [6.45, 7) is 1.44. The molecule has 0 radical (unpaired) electrons. The van der Waals surface area contributed by atoms with Gasteiger partial charge in [0, 0.05) is 53.4 Å². The lowest BCUT2D eigenvalue weighted by Crippen LogP contribution is -2.20. The van der Waals surface area contributed by atoms with Crippen LogP contribution in [0.3, 0.4) is 0 Å². The average Bonchev–Trinajstić information content (AvgIpc) is 3.70. The molecule has 0 unspecified atom stereocenters. The van der Waals surface area contributed by atoms with E-state index in [0.717, 1.165) is 6.54 Å². The van der Waals surface area contributed by atoms with E-state index in [2.05, 4.69) is 35.8 Å². The molecule has 0 saturated heterocycles. The summed E-state index contributed by atoms with van der Waals surface area (Å²) < 4.78 is 31.1. The molecule has 0 bridgehead atoms. The molecule has 0 aliphatic rings. The fourth-order valence-corrected chi connectivity index (χ4v) is 5.44. The van der Waals surface area contributed by atoms with Crippen molar-refractivity contribution in [1.29, 1.82) is 0 Å². The van der Waals surface area contributed by atoms with Crippen LogP contribution in [0.2, 0.25) is 0 Å². The predicted octanol–water partition coefficient (Wildman–Crippen LogP) is 6.73. The molecule has 0 fully saturated rings. The van der Waals surface area contributed by atoms with E-state index in [1.165, 1.54) is 24.5 Å². The van der Waals surface area contributed by atoms with E-state index in [0.29, 0.717) is 62.7 Å². The van der Waals surface area contributed by atoms with Crippen molar-refractivity contribution in [3.05, 3.63) is 109 Å². The molecule has 12 heteroatoms. The van der Waals surface area contributed by atoms with E-state index in [1.54, 1.807) is 54.7 Å². The highest BCUT2D eigenvalue weighted by Gasteiger charge is 2.21. The molecule has 0 saturated carbocycles. The molecule has 47 heavy (non-hydrogen) atoms. The number of carbonyl (C=O) groups excluding carboxylic acids is 1. The lowest BCUT2D eigenvalue weighted by Gasteiger charge is -2.12. The van der Waals surface area contributed by atoms with Crippen LogP contribution in [0.15, 0.2) is 91.4 Å². The summed E-state index contributed by atoms with van der Waals surface area (Å²) in [4.78, 5) is 31.3. The maximum absolute atomic E-state index is 16.3. The third-order valence-electron chi connectivity index (χ3n) is 7.72. The summed E-state index contributed by atoms with van der Waals surface area (Å²) >= 11 is 0. The number of nitrogens with one attached hydrogen (secondary N) is 4. The number of aromatic nitrogens is 6. The number of hydrogen-bond donors (Lipinski definition) is 4. The number of pyridine rings is 2. The van der Waals surface area contributed by atoms with Crippen molar-refractivity contribution < 1.29 is 13.6 Å². The molecule has 4 aromatic heterocycles. The van der Waals surface area contributed by atoms with E-state index in [-0.39, 0.29) is 28.4 Å². The van der Waals surface area contributed by atoms with Crippen molar-refractivity contribution in [3.8, 4) is 33.8 Å². The second-order valence-corrected chi connectivity index (χ2v) is 11.3. The van der Waals surface area contributed by atoms with Gasteiger partial charge in [0.05, 0.1) is 22.8 Å². The van der Waals surface area contributed by atoms with Gasteiger partial charge in [-0.25, -0.2) is 18.7 Å². The minimum absolute atomic E-state index is 0.222. The lowest BCUT2D eigenvalue weighted by molar-refractivity contribution is 0.102. The first kappa shape index (κ1) is 29.7. The Morgan fingerprint density at radius 3 is 2.57 bits per heavy atom. The number of hydrogen-bond acceptors (Lipinski definition) is 7. The summed E-state index contributed by atoms with van der Waals surface area (Å²) in [6, 6.07) is 20.3. The van der Waals surface area contributed by atoms with Gasteiger partial charge in [-0.05, 0) is 74.3 Å². The van der Waals surface area contributed by atoms with E-state index in [9.17, 15) is 9.18 Å². The highest BCUT2D eigenvalue weighted by atomic mass is 19.1. The number of imidazole rings is 1. The van der Waals surface area contributed by atoms with Crippen LogP contribution in [0.5, 0.6) is 0 Å². The van der Waals surface area contributed by atoms with Gasteiger partial charge in [-0.1, -0.05) is 18.2 Å². The first-order valence-corrected chi connectivity index (χ1v) is 14.9. The highest BCUT2D eigenvalue weighted by molar-refractivity contribution is 6.04. The second-order valence-electron chi connectivity index (χ2n) is 11.3. The molecule has 0 aliphatic heterocycles. The largest absolute Gasteiger partial charge is 0.384 e. The van der Waals surface area contributed by atoms with Gasteiger partial charge in [0.25, 0.3) is 5.91 Å². The average molecular weight is 630 g/mol. The topological polar surface area (TPSA) is 128 Å². The zero-order valence-electron chi connectivity index (χ0n) is 25.5. The van der Waals surface area contributed by atoms with Gasteiger partial charge in [-0.15, -0.1) is 0 Å². The predicted molar refractivity (Wildman–Crippen MR) is 179 cm³/mol. The van der Waals surface area contributed by atoms with Crippen molar-refractivity contribution in [2.75, 3.05) is 37.8 Å². The van der Waals surface area contributed by atoms with Crippen LogP contribution in [0.25, 0.3) is 55.8 Å². The van der Waals surface area contributed by atoms with Crippen LogP contribution in [0, 0.1) is 11.6 Å². The smallest absolute Gasteiger partial charge is 0.255 e. The summed E-state index contributed by atoms with van der Waals surface area (Å²) in [5.41, 5.74) is 5.25. The third kappa shape index (κ3) is 6.01. The van der Waals surface area contributed by atoms with Crippen molar-refractivity contribution >= 4 is 39.3 Å². The zero-order chi connectivity index (χ0) is 32.5. The number of amides is 1. The van der Waals surface area contributed by atoms with Gasteiger partial charge < -0.3 is 20.5 Å². The van der Waals surface area contributed by atoms with Crippen molar-refractivity contribution in [3.63, 3.8) is 0 Å². The number of rotatable bonds is 9. The molecule has 0 aliphatic carbocycles. The summed E-state index contributed by atoms with van der Waals surface area (Å²) in [5, 5.41) is 13.6. The molecule has 0 spiro atoms. The maximum Gasteiger partial charge on any atom is 0.255 e. The van der Waals surface area contributed by atoms with Gasteiger partial charge in [0.15, 0.2) is 11.5 Å². The number of anilines is 2. The number of fused-ring (bicyclic) bond motifs is 2. The Balaban J connectivity index is 1.24. The normalized spacial score (nSPS) is 11.4. The number of nitrogens with zero attached hydrogens (tertiary/aromatic N) is 5. The Morgan fingerprint density at radius 2 is 1.74 bits per heavy atom. The second kappa shape index (κ2) is 12.4. The SMILES string of the molecule is CN(C)CCNc1cc(F)cc(-c2ccnc3[nH]c(-c4n[nH]c5ccc(-c6cncc(NC(=O)c7ccccc7)c6)c(F)c45)nc23)c1. The van der Waals surface area contributed by atoms with E-state index >= 15 is 4.39 Å². The highest BCUT2D eigenvalue weighted by Crippen LogP contribution is 2.36. The zero-order valence-corrected chi connectivity index (χ0v) is 25.5. The van der Waals surface area contributed by atoms with Crippen molar-refractivity contribution in [1.82, 2.24) is 35.0 Å². The number of H-pyrrole nitrogens is 2. The van der Waals surface area contributed by atoms with Gasteiger partial charge in [-0.2, -0.15) is 5.10 Å². The standard InChI is InChI=1S/C35H29F2N9O/c1-46(2)13-12-39-24-15-21(14-23(36)17-24)27-10-11-40-33-31(27)42-34(43-33)32-29-28(44-45-32)9-8-26(30(29)37)22-16-25(19-38-18-22)41-35(47)20-6-4-3-5-7-20/h3-11,14-19,39H,12-13H2,1-2H3,(H,41,47)(H,44,45)(H,40,42,43). The molecule has 7 rings (SSSR count). The number of likely N-dealkylation sites (N-methyl/N-ethyl adjacent to an activating group) is 1. The molecule has 1 amide bonds. The number of carbonyl (C=O) groups is 1. The summed E-state index contributed by atoms with van der Waals surface area (Å²) in [5.74, 6) is -0.927. The Labute approximate surface area is 267 Å². The molecular weight excluding hydrogens is 600 g/mol. The fourth-order valence-electron chi connectivity index (χ4n) is 5.44. The summed E-state index contributed by atoms with van der Waals surface area (Å²) in [6.07, 6.45) is 4.65. The van der Waals surface area contributed by atoms with Crippen LogP contribution in [0.1, 0.15) is 10.4 Å². The van der Waals surface area contributed by atoms with Crippen LogP contribution in [-0.4, -0.2) is 68.1 Å². The van der Waals surface area contributed by atoms with Gasteiger partial charge in [-0.3, -0.25) is 14.9 Å². The number of benzene rings is 3. The van der Waals surface area contributed by atoms with Crippen LogP contribution in [0.4, 0.5) is 20.2 Å². The molecule has 4 N–H and O–H groups in total. The molecule has 234 valence electrons. The Hall–Kier alpha value is -6.01. The molecule has 10 nitrogen and oxygen atoms in total. The van der Waals surface area contributed by atoms with Crippen LogP contribution in [-0.2, 0) is 0 Å². The summed E-state index contributed by atoms with van der Waals surface area (Å²) in [7, 11) is 3.95. The van der Waals surface area contributed by atoms with Gasteiger partial charge >= 0.3 is 0 Å². The molecule has 7 aromatic rings. The Bertz CT molecular complexity index is 2250. The quantitative estimate of drug-likeness (QED) is 0.139. The molecule has 0 atom stereocenters. The third-order valence-corrected chi connectivity index (χ3v) is 7.72. The monoisotopic (exact) mass is 629 g/mol. The van der Waals surface area contributed by atoms with E-state index < -0.39 is 5.82 Å². The minimum Gasteiger partial charge on any atom is -0.384 e. The Morgan fingerprint density at radius 1 is 0.915 bits per heavy atom. The van der Waals surface area contributed by atoms with Crippen LogP contribution < -0.4 is 10.6 Å². The number of halogens is 2. The van der Waals surface area contributed by atoms with Crippen molar-refractivity contribution in [2.24, 2.45) is 0 Å².